The number of thiazole rings is 1. The van der Waals surface area contributed by atoms with Gasteiger partial charge in [0.2, 0.25) is 0 Å². The zero-order valence-electron chi connectivity index (χ0n) is 14.8. The van der Waals surface area contributed by atoms with E-state index < -0.39 is 0 Å². The second-order valence-electron chi connectivity index (χ2n) is 6.57. The molecule has 1 fully saturated rings. The van der Waals surface area contributed by atoms with Gasteiger partial charge in [0.1, 0.15) is 10.6 Å². The van der Waals surface area contributed by atoms with E-state index in [1.54, 1.807) is 0 Å². The summed E-state index contributed by atoms with van der Waals surface area (Å²) in [4.78, 5) is 19.8. The highest BCUT2D eigenvalue weighted by Gasteiger charge is 2.27. The van der Waals surface area contributed by atoms with Gasteiger partial charge in [0.05, 0.1) is 12.3 Å². The van der Waals surface area contributed by atoms with Crippen molar-refractivity contribution in [2.24, 2.45) is 5.92 Å². The molecular weight excluding hydrogens is 334 g/mol. The van der Waals surface area contributed by atoms with E-state index in [2.05, 4.69) is 18.0 Å². The van der Waals surface area contributed by atoms with Crippen LogP contribution in [0.3, 0.4) is 0 Å². The van der Waals surface area contributed by atoms with Gasteiger partial charge in [0, 0.05) is 19.0 Å². The fourth-order valence-electron chi connectivity index (χ4n) is 3.23. The third kappa shape index (κ3) is 4.31. The maximum Gasteiger partial charge on any atom is 0.265 e. The minimum Gasteiger partial charge on any atom is -0.493 e. The minimum atomic E-state index is 0.0614. The Morgan fingerprint density at radius 1 is 1.48 bits per heavy atom. The van der Waals surface area contributed by atoms with Crippen LogP contribution in [0, 0.1) is 12.8 Å². The molecule has 0 saturated carbocycles. The molecule has 1 atom stereocenters. The number of carbonyl (C=O) groups excluding carboxylic acids is 1. The fourth-order valence-corrected chi connectivity index (χ4v) is 4.11. The van der Waals surface area contributed by atoms with Crippen molar-refractivity contribution < 1.29 is 9.53 Å². The van der Waals surface area contributed by atoms with E-state index >= 15 is 0 Å². The third-order valence-electron chi connectivity index (χ3n) is 4.52. The van der Waals surface area contributed by atoms with Crippen LogP contribution < -0.4 is 10.5 Å². The molecule has 25 heavy (non-hydrogen) atoms. The summed E-state index contributed by atoms with van der Waals surface area (Å²) in [6, 6.07) is 8.08. The summed E-state index contributed by atoms with van der Waals surface area (Å²) in [7, 11) is 0. The van der Waals surface area contributed by atoms with E-state index in [1.165, 1.54) is 16.9 Å². The molecule has 1 aliphatic rings. The number of aromatic nitrogens is 1. The summed E-state index contributed by atoms with van der Waals surface area (Å²) in [6.45, 7) is 6.21. The van der Waals surface area contributed by atoms with Crippen LogP contribution in [0.15, 0.2) is 24.3 Å². The molecule has 1 amide bonds. The lowest BCUT2D eigenvalue weighted by atomic mass is 9.98. The standard InChI is InChI=1S/C19H25N3O2S/c1-3-16-17(25-19(20)21-16)18(23)22-9-5-7-14(11-22)12-24-15-8-4-6-13(2)10-15/h4,6,8,10,14H,3,5,7,9,11-12H2,1-2H3,(H2,20,21). The van der Waals surface area contributed by atoms with Gasteiger partial charge in [-0.05, 0) is 43.9 Å². The van der Waals surface area contributed by atoms with Gasteiger partial charge in [-0.3, -0.25) is 4.79 Å². The highest BCUT2D eigenvalue weighted by atomic mass is 32.1. The molecule has 134 valence electrons. The minimum absolute atomic E-state index is 0.0614. The number of carbonyl (C=O) groups is 1. The maximum absolute atomic E-state index is 12.9. The Morgan fingerprint density at radius 3 is 3.08 bits per heavy atom. The topological polar surface area (TPSA) is 68.5 Å². The Morgan fingerprint density at radius 2 is 2.32 bits per heavy atom. The number of amides is 1. The van der Waals surface area contributed by atoms with E-state index in [-0.39, 0.29) is 5.91 Å². The molecule has 2 N–H and O–H groups in total. The highest BCUT2D eigenvalue weighted by Crippen LogP contribution is 2.26. The Hall–Kier alpha value is -2.08. The van der Waals surface area contributed by atoms with Crippen molar-refractivity contribution in [3.63, 3.8) is 0 Å². The fraction of sp³-hybridized carbons (Fsp3) is 0.474. The van der Waals surface area contributed by atoms with Crippen LogP contribution in [-0.2, 0) is 6.42 Å². The summed E-state index contributed by atoms with van der Waals surface area (Å²) in [5.74, 6) is 1.31. The number of aryl methyl sites for hydroxylation is 2. The van der Waals surface area contributed by atoms with Crippen LogP contribution in [-0.4, -0.2) is 35.5 Å². The molecule has 2 heterocycles. The van der Waals surface area contributed by atoms with E-state index in [0.717, 1.165) is 43.8 Å². The van der Waals surface area contributed by atoms with Crippen LogP contribution >= 0.6 is 11.3 Å². The van der Waals surface area contributed by atoms with Gasteiger partial charge in [0.25, 0.3) is 5.91 Å². The number of rotatable bonds is 5. The average molecular weight is 359 g/mol. The first-order chi connectivity index (χ1) is 12.1. The molecule has 6 heteroatoms. The molecule has 1 saturated heterocycles. The van der Waals surface area contributed by atoms with Crippen LogP contribution in [0.25, 0.3) is 0 Å². The van der Waals surface area contributed by atoms with E-state index in [9.17, 15) is 4.79 Å². The normalized spacial score (nSPS) is 17.5. The molecule has 2 aromatic rings. The Kier molecular flexibility index (Phi) is 5.58. The lowest BCUT2D eigenvalue weighted by molar-refractivity contribution is 0.0637. The molecule has 3 rings (SSSR count). The number of piperidine rings is 1. The number of hydrogen-bond donors (Lipinski definition) is 1. The molecule has 0 radical (unpaired) electrons. The number of anilines is 1. The second-order valence-corrected chi connectivity index (χ2v) is 7.60. The van der Waals surface area contributed by atoms with Crippen molar-refractivity contribution in [2.75, 3.05) is 25.4 Å². The largest absolute Gasteiger partial charge is 0.493 e. The lowest BCUT2D eigenvalue weighted by Crippen LogP contribution is -2.41. The van der Waals surface area contributed by atoms with Crippen molar-refractivity contribution in [1.29, 1.82) is 0 Å². The summed E-state index contributed by atoms with van der Waals surface area (Å²) >= 11 is 1.30. The SMILES string of the molecule is CCc1nc(N)sc1C(=O)N1CCCC(COc2cccc(C)c2)C1. The summed E-state index contributed by atoms with van der Waals surface area (Å²) in [5.41, 5.74) is 7.79. The molecular formula is C19H25N3O2S. The van der Waals surface area contributed by atoms with Gasteiger partial charge in [0.15, 0.2) is 5.13 Å². The first kappa shape index (κ1) is 17.7. The first-order valence-electron chi connectivity index (χ1n) is 8.80. The molecule has 1 aromatic carbocycles. The average Bonchev–Trinajstić information content (AvgIpc) is 3.00. The molecule has 0 spiro atoms. The smallest absolute Gasteiger partial charge is 0.265 e. The molecule has 1 aliphatic heterocycles. The zero-order chi connectivity index (χ0) is 17.8. The lowest BCUT2D eigenvalue weighted by Gasteiger charge is -2.32. The number of nitrogen functional groups attached to an aromatic ring is 1. The molecule has 1 unspecified atom stereocenters. The Labute approximate surface area is 152 Å². The zero-order valence-corrected chi connectivity index (χ0v) is 15.6. The first-order valence-corrected chi connectivity index (χ1v) is 9.62. The number of likely N-dealkylation sites (tertiary alicyclic amines) is 1. The van der Waals surface area contributed by atoms with Gasteiger partial charge in [-0.1, -0.05) is 30.4 Å². The number of nitrogens with two attached hydrogens (primary N) is 1. The van der Waals surface area contributed by atoms with Gasteiger partial charge in [-0.25, -0.2) is 4.98 Å². The summed E-state index contributed by atoms with van der Waals surface area (Å²) in [6.07, 6.45) is 2.81. The monoisotopic (exact) mass is 359 g/mol. The predicted molar refractivity (Wildman–Crippen MR) is 101 cm³/mol. The van der Waals surface area contributed by atoms with Crippen LogP contribution in [0.1, 0.15) is 40.7 Å². The quantitative estimate of drug-likeness (QED) is 0.887. The van der Waals surface area contributed by atoms with Crippen molar-refractivity contribution in [1.82, 2.24) is 9.88 Å². The van der Waals surface area contributed by atoms with Gasteiger partial charge in [-0.2, -0.15) is 0 Å². The highest BCUT2D eigenvalue weighted by molar-refractivity contribution is 7.17. The van der Waals surface area contributed by atoms with E-state index in [4.69, 9.17) is 10.5 Å². The number of hydrogen-bond acceptors (Lipinski definition) is 5. The molecule has 1 aromatic heterocycles. The molecule has 0 aliphatic carbocycles. The second kappa shape index (κ2) is 7.87. The number of benzene rings is 1. The van der Waals surface area contributed by atoms with E-state index in [0.29, 0.717) is 22.5 Å². The Bertz CT molecular complexity index is 744. The molecule has 0 bridgehead atoms. The van der Waals surface area contributed by atoms with Crippen molar-refractivity contribution in [2.45, 2.75) is 33.1 Å². The molecule has 5 nitrogen and oxygen atoms in total. The van der Waals surface area contributed by atoms with Crippen molar-refractivity contribution >= 4 is 22.4 Å². The van der Waals surface area contributed by atoms with Crippen LogP contribution in [0.5, 0.6) is 5.75 Å². The van der Waals surface area contributed by atoms with Crippen molar-refractivity contribution in [3.8, 4) is 5.75 Å². The maximum atomic E-state index is 12.9. The van der Waals surface area contributed by atoms with Gasteiger partial charge < -0.3 is 15.4 Å². The third-order valence-corrected chi connectivity index (χ3v) is 5.44. The summed E-state index contributed by atoms with van der Waals surface area (Å²) in [5, 5.41) is 0.469. The number of nitrogens with zero attached hydrogens (tertiary/aromatic N) is 2. The summed E-state index contributed by atoms with van der Waals surface area (Å²) < 4.78 is 5.94. The number of ether oxygens (including phenoxy) is 1. The Balaban J connectivity index is 1.61. The van der Waals surface area contributed by atoms with Gasteiger partial charge in [-0.15, -0.1) is 0 Å². The van der Waals surface area contributed by atoms with Crippen LogP contribution in [0.2, 0.25) is 0 Å². The van der Waals surface area contributed by atoms with E-state index in [1.807, 2.05) is 30.0 Å². The van der Waals surface area contributed by atoms with Crippen LogP contribution in [0.4, 0.5) is 5.13 Å². The van der Waals surface area contributed by atoms with Crippen molar-refractivity contribution in [3.05, 3.63) is 40.4 Å². The predicted octanol–water partition coefficient (Wildman–Crippen LogP) is 3.53. The van der Waals surface area contributed by atoms with Gasteiger partial charge >= 0.3 is 0 Å².